The van der Waals surface area contributed by atoms with Crippen molar-refractivity contribution >= 4 is 22.8 Å². The number of aromatic nitrogens is 1. The van der Waals surface area contributed by atoms with Gasteiger partial charge >= 0.3 is 5.97 Å². The molecule has 1 saturated carbocycles. The van der Waals surface area contributed by atoms with E-state index in [0.717, 1.165) is 18.5 Å². The van der Waals surface area contributed by atoms with E-state index in [0.29, 0.717) is 16.8 Å². The van der Waals surface area contributed by atoms with E-state index in [1.807, 2.05) is 0 Å². The van der Waals surface area contributed by atoms with Gasteiger partial charge in [0.25, 0.3) is 5.91 Å². The molecule has 1 aromatic carbocycles. The Labute approximate surface area is 144 Å². The van der Waals surface area contributed by atoms with Gasteiger partial charge in [-0.2, -0.15) is 0 Å². The molecule has 1 aliphatic carbocycles. The van der Waals surface area contributed by atoms with Crippen LogP contribution in [0.5, 0.6) is 0 Å². The van der Waals surface area contributed by atoms with Gasteiger partial charge in [-0.1, -0.05) is 0 Å². The first-order valence-corrected chi connectivity index (χ1v) is 8.10. The van der Waals surface area contributed by atoms with Crippen molar-refractivity contribution in [1.82, 2.24) is 9.88 Å². The largest absolute Gasteiger partial charge is 0.480 e. The second kappa shape index (κ2) is 7.14. The van der Waals surface area contributed by atoms with Crippen LogP contribution in [0.4, 0.5) is 4.39 Å². The van der Waals surface area contributed by atoms with Crippen LogP contribution in [0.15, 0.2) is 24.3 Å². The first kappa shape index (κ1) is 17.3. The second-order valence-electron chi connectivity index (χ2n) is 6.14. The maximum absolute atomic E-state index is 13.7. The molecule has 1 heterocycles. The number of benzene rings is 1. The monoisotopic (exact) mass is 346 g/mol. The van der Waals surface area contributed by atoms with Gasteiger partial charge in [0.2, 0.25) is 0 Å². The molecule has 0 radical (unpaired) electrons. The molecule has 0 saturated heterocycles. The highest BCUT2D eigenvalue weighted by Crippen LogP contribution is 2.40. The Morgan fingerprint density at radius 3 is 2.76 bits per heavy atom. The molecule has 132 valence electrons. The molecule has 1 N–H and O–H groups in total. The summed E-state index contributed by atoms with van der Waals surface area (Å²) in [4.78, 5) is 29.8. The standard InChI is InChI=1S/C18H19FN2O4/c1-25-7-6-21(10-17(22)23)18(24)14-9-16(11-2-3-11)20-15-5-4-12(19)8-13(14)15/h4-5,8-9,11H,2-3,6-7,10H2,1H3,(H,22,23). The number of carbonyl (C=O) groups excluding carboxylic acids is 1. The highest BCUT2D eigenvalue weighted by Gasteiger charge is 2.28. The first-order chi connectivity index (χ1) is 12.0. The maximum Gasteiger partial charge on any atom is 0.323 e. The zero-order valence-corrected chi connectivity index (χ0v) is 13.9. The van der Waals surface area contributed by atoms with Crippen molar-refractivity contribution in [1.29, 1.82) is 0 Å². The third-order valence-electron chi connectivity index (χ3n) is 4.20. The van der Waals surface area contributed by atoms with Crippen molar-refractivity contribution in [2.45, 2.75) is 18.8 Å². The third-order valence-corrected chi connectivity index (χ3v) is 4.20. The number of ether oxygens (including phenoxy) is 1. The number of methoxy groups -OCH3 is 1. The summed E-state index contributed by atoms with van der Waals surface area (Å²) < 4.78 is 18.7. The molecule has 1 aliphatic rings. The predicted octanol–water partition coefficient (Wildman–Crippen LogP) is 2.42. The maximum atomic E-state index is 13.7. The van der Waals surface area contributed by atoms with Crippen LogP contribution in [0.2, 0.25) is 0 Å². The number of rotatable bonds is 7. The minimum atomic E-state index is -1.11. The number of carboxylic acid groups (broad SMARTS) is 1. The number of halogens is 1. The Bertz CT molecular complexity index is 820. The van der Waals surface area contributed by atoms with Gasteiger partial charge in [-0.05, 0) is 37.1 Å². The number of nitrogens with zero attached hydrogens (tertiary/aromatic N) is 2. The van der Waals surface area contributed by atoms with E-state index in [-0.39, 0.29) is 18.7 Å². The Hall–Kier alpha value is -2.54. The smallest absolute Gasteiger partial charge is 0.323 e. The molecule has 6 nitrogen and oxygen atoms in total. The van der Waals surface area contributed by atoms with Crippen molar-refractivity contribution in [2.24, 2.45) is 0 Å². The molecule has 0 bridgehead atoms. The number of carboxylic acids is 1. The van der Waals surface area contributed by atoms with Crippen LogP contribution in [0.25, 0.3) is 10.9 Å². The second-order valence-corrected chi connectivity index (χ2v) is 6.14. The van der Waals surface area contributed by atoms with Gasteiger partial charge in [0.15, 0.2) is 0 Å². The number of pyridine rings is 1. The Kier molecular flexibility index (Phi) is 4.94. The molecule has 25 heavy (non-hydrogen) atoms. The predicted molar refractivity (Wildman–Crippen MR) is 89.1 cm³/mol. The van der Waals surface area contributed by atoms with Crippen LogP contribution in [0.1, 0.15) is 34.8 Å². The molecular formula is C18H19FN2O4. The minimum Gasteiger partial charge on any atom is -0.480 e. The molecule has 1 amide bonds. The molecule has 2 aromatic rings. The van der Waals surface area contributed by atoms with Crippen LogP contribution < -0.4 is 0 Å². The first-order valence-electron chi connectivity index (χ1n) is 8.10. The fourth-order valence-electron chi connectivity index (χ4n) is 2.77. The normalized spacial score (nSPS) is 13.8. The van der Waals surface area contributed by atoms with Gasteiger partial charge in [0, 0.05) is 30.7 Å². The number of hydrogen-bond donors (Lipinski definition) is 1. The molecular weight excluding hydrogens is 327 g/mol. The topological polar surface area (TPSA) is 79.7 Å². The molecule has 0 unspecified atom stereocenters. The van der Waals surface area contributed by atoms with Gasteiger partial charge in [-0.25, -0.2) is 4.39 Å². The van der Waals surface area contributed by atoms with Crippen molar-refractivity contribution in [3.8, 4) is 0 Å². The lowest BCUT2D eigenvalue weighted by molar-refractivity contribution is -0.137. The van der Waals surface area contributed by atoms with E-state index in [9.17, 15) is 14.0 Å². The Morgan fingerprint density at radius 2 is 2.12 bits per heavy atom. The van der Waals surface area contributed by atoms with Gasteiger partial charge in [-0.3, -0.25) is 14.6 Å². The summed E-state index contributed by atoms with van der Waals surface area (Å²) in [5.41, 5.74) is 1.62. The van der Waals surface area contributed by atoms with E-state index in [4.69, 9.17) is 9.84 Å². The molecule has 7 heteroatoms. The van der Waals surface area contributed by atoms with E-state index >= 15 is 0 Å². The minimum absolute atomic E-state index is 0.138. The van der Waals surface area contributed by atoms with Crippen LogP contribution in [0.3, 0.4) is 0 Å². The summed E-state index contributed by atoms with van der Waals surface area (Å²) in [5, 5.41) is 9.47. The van der Waals surface area contributed by atoms with Crippen LogP contribution >= 0.6 is 0 Å². The van der Waals surface area contributed by atoms with Gasteiger partial charge in [0.05, 0.1) is 17.7 Å². The fraction of sp³-hybridized carbons (Fsp3) is 0.389. The van der Waals surface area contributed by atoms with E-state index in [1.165, 1.54) is 24.1 Å². The zero-order chi connectivity index (χ0) is 18.0. The van der Waals surface area contributed by atoms with Crippen LogP contribution in [0, 0.1) is 5.82 Å². The van der Waals surface area contributed by atoms with E-state index in [2.05, 4.69) is 4.98 Å². The number of fused-ring (bicyclic) bond motifs is 1. The fourth-order valence-corrected chi connectivity index (χ4v) is 2.77. The summed E-state index contributed by atoms with van der Waals surface area (Å²) in [6.07, 6.45) is 2.02. The van der Waals surface area contributed by atoms with Crippen molar-refractivity contribution in [3.63, 3.8) is 0 Å². The lowest BCUT2D eigenvalue weighted by atomic mass is 10.0. The van der Waals surface area contributed by atoms with Gasteiger partial charge < -0.3 is 14.7 Å². The lowest BCUT2D eigenvalue weighted by Gasteiger charge is -2.21. The Balaban J connectivity index is 2.05. The molecule has 3 rings (SSSR count). The van der Waals surface area contributed by atoms with Crippen LogP contribution in [-0.2, 0) is 9.53 Å². The van der Waals surface area contributed by atoms with E-state index in [1.54, 1.807) is 12.1 Å². The molecule has 0 spiro atoms. The molecule has 0 atom stereocenters. The van der Waals surface area contributed by atoms with Crippen molar-refractivity contribution < 1.29 is 23.8 Å². The zero-order valence-electron chi connectivity index (χ0n) is 13.9. The number of aliphatic carboxylic acids is 1. The van der Waals surface area contributed by atoms with Gasteiger partial charge in [0.1, 0.15) is 12.4 Å². The lowest BCUT2D eigenvalue weighted by Crippen LogP contribution is -2.38. The third kappa shape index (κ3) is 3.93. The average molecular weight is 346 g/mol. The number of amides is 1. The van der Waals surface area contributed by atoms with Crippen molar-refractivity contribution in [2.75, 3.05) is 26.8 Å². The SMILES string of the molecule is COCCN(CC(=O)O)C(=O)c1cc(C2CC2)nc2ccc(F)cc12. The van der Waals surface area contributed by atoms with E-state index < -0.39 is 24.2 Å². The summed E-state index contributed by atoms with van der Waals surface area (Å²) in [6, 6.07) is 5.79. The number of carbonyl (C=O) groups is 2. The summed E-state index contributed by atoms with van der Waals surface area (Å²) in [6.45, 7) is -0.0918. The Morgan fingerprint density at radius 1 is 1.36 bits per heavy atom. The summed E-state index contributed by atoms with van der Waals surface area (Å²) in [7, 11) is 1.48. The summed E-state index contributed by atoms with van der Waals surface area (Å²) >= 11 is 0. The summed E-state index contributed by atoms with van der Waals surface area (Å²) in [5.74, 6) is -1.73. The number of hydrogen-bond acceptors (Lipinski definition) is 4. The van der Waals surface area contributed by atoms with Crippen LogP contribution in [-0.4, -0.2) is 53.7 Å². The van der Waals surface area contributed by atoms with Gasteiger partial charge in [-0.15, -0.1) is 0 Å². The average Bonchev–Trinajstić information content (AvgIpc) is 3.41. The highest BCUT2D eigenvalue weighted by molar-refractivity contribution is 6.07. The molecule has 1 aromatic heterocycles. The molecule has 1 fully saturated rings. The molecule has 0 aliphatic heterocycles. The highest BCUT2D eigenvalue weighted by atomic mass is 19.1. The van der Waals surface area contributed by atoms with Crippen molar-refractivity contribution in [3.05, 3.63) is 41.3 Å². The quantitative estimate of drug-likeness (QED) is 0.833.